The molecule has 0 rings (SSSR count). The van der Waals surface area contributed by atoms with Gasteiger partial charge in [-0.25, -0.2) is 0 Å². The van der Waals surface area contributed by atoms with Crippen LogP contribution in [0.5, 0.6) is 0 Å². The summed E-state index contributed by atoms with van der Waals surface area (Å²) in [5, 5.41) is 0. The van der Waals surface area contributed by atoms with E-state index in [2.05, 4.69) is 27.0 Å². The van der Waals surface area contributed by atoms with E-state index in [0.717, 1.165) is 13.2 Å². The minimum absolute atomic E-state index is 0.961. The minimum atomic E-state index is 0.961. The van der Waals surface area contributed by atoms with Crippen LogP contribution in [0, 0.1) is 0 Å². The van der Waals surface area contributed by atoms with E-state index >= 15 is 0 Å². The molecule has 0 unspecified atom stereocenters. The molecule has 0 heterocycles. The lowest BCUT2D eigenvalue weighted by Crippen LogP contribution is -1.96. The van der Waals surface area contributed by atoms with Crippen LogP contribution in [-0.2, 0) is 4.74 Å². The Morgan fingerprint density at radius 2 is 1.31 bits per heavy atom. The Morgan fingerprint density at radius 3 is 1.85 bits per heavy atom. The molecule has 0 atom stereocenters. The molecule has 0 radical (unpaired) electrons. The fourth-order valence-corrected chi connectivity index (χ4v) is 0.979. The maximum absolute atomic E-state index is 5.42. The van der Waals surface area contributed by atoms with Gasteiger partial charge in [-0.1, -0.05) is 39.5 Å². The second-order valence-corrected chi connectivity index (χ2v) is 3.03. The average Bonchev–Trinajstić information content (AvgIpc) is 2.20. The Hall–Kier alpha value is -0.300. The lowest BCUT2D eigenvalue weighted by molar-refractivity contribution is 0.127. The smallest absolute Gasteiger partial charge is 0.0466 e. The number of hydrogen-bond acceptors (Lipinski definition) is 1. The van der Waals surface area contributed by atoms with E-state index in [1.807, 2.05) is 0 Å². The first-order valence-electron chi connectivity index (χ1n) is 5.49. The van der Waals surface area contributed by atoms with Crippen molar-refractivity contribution in [2.24, 2.45) is 0 Å². The summed E-state index contributed by atoms with van der Waals surface area (Å²) in [6.07, 6.45) is 7.72. The topological polar surface area (TPSA) is 9.23 Å². The molecule has 0 saturated heterocycles. The van der Waals surface area contributed by atoms with Crippen LogP contribution < -0.4 is 0 Å². The van der Waals surface area contributed by atoms with E-state index < -0.39 is 0 Å². The van der Waals surface area contributed by atoms with Crippen molar-refractivity contribution >= 4 is 0 Å². The highest BCUT2D eigenvalue weighted by molar-refractivity contribution is 4.39. The Labute approximate surface area is 84.2 Å². The van der Waals surface area contributed by atoms with Crippen molar-refractivity contribution in [2.45, 2.75) is 52.4 Å². The van der Waals surface area contributed by atoms with E-state index in [1.165, 1.54) is 38.5 Å². The SMILES string of the molecule is C=C.CCCCCCOCCCC. The Balaban J connectivity index is 0. The number of hydrogen-bond donors (Lipinski definition) is 0. The van der Waals surface area contributed by atoms with Gasteiger partial charge in [0.15, 0.2) is 0 Å². The summed E-state index contributed by atoms with van der Waals surface area (Å²) in [6, 6.07) is 0. The molecule has 0 fully saturated rings. The van der Waals surface area contributed by atoms with Gasteiger partial charge in [0.05, 0.1) is 0 Å². The average molecular weight is 186 g/mol. The normalized spacial score (nSPS) is 9.08. The maximum Gasteiger partial charge on any atom is 0.0466 e. The van der Waals surface area contributed by atoms with Crippen molar-refractivity contribution in [3.63, 3.8) is 0 Å². The Morgan fingerprint density at radius 1 is 0.769 bits per heavy atom. The summed E-state index contributed by atoms with van der Waals surface area (Å²) in [5.74, 6) is 0. The monoisotopic (exact) mass is 186 g/mol. The zero-order chi connectivity index (χ0) is 10.4. The number of rotatable bonds is 8. The van der Waals surface area contributed by atoms with Crippen molar-refractivity contribution in [1.29, 1.82) is 0 Å². The van der Waals surface area contributed by atoms with E-state index in [-0.39, 0.29) is 0 Å². The molecule has 0 aromatic rings. The molecule has 13 heavy (non-hydrogen) atoms. The highest BCUT2D eigenvalue weighted by Crippen LogP contribution is 1.99. The van der Waals surface area contributed by atoms with E-state index in [9.17, 15) is 0 Å². The highest BCUT2D eigenvalue weighted by Gasteiger charge is 1.88. The predicted octanol–water partition coefficient (Wildman–Crippen LogP) is 4.19. The van der Waals surface area contributed by atoms with Crippen LogP contribution in [0.3, 0.4) is 0 Å². The molecule has 0 bridgehead atoms. The zero-order valence-electron chi connectivity index (χ0n) is 9.48. The van der Waals surface area contributed by atoms with Crippen molar-refractivity contribution < 1.29 is 4.74 Å². The molecule has 0 aliphatic heterocycles. The van der Waals surface area contributed by atoms with Gasteiger partial charge in [0.1, 0.15) is 0 Å². The molecule has 80 valence electrons. The van der Waals surface area contributed by atoms with E-state index in [1.54, 1.807) is 0 Å². The fraction of sp³-hybridized carbons (Fsp3) is 0.833. The molecular weight excluding hydrogens is 160 g/mol. The number of ether oxygens (including phenoxy) is 1. The molecule has 1 heteroatoms. The first-order valence-corrected chi connectivity index (χ1v) is 5.49. The van der Waals surface area contributed by atoms with Gasteiger partial charge in [0.2, 0.25) is 0 Å². The van der Waals surface area contributed by atoms with Crippen LogP contribution in [0.25, 0.3) is 0 Å². The van der Waals surface area contributed by atoms with Gasteiger partial charge in [0.25, 0.3) is 0 Å². The Kier molecular flexibility index (Phi) is 20.7. The first-order chi connectivity index (χ1) is 6.41. The molecule has 1 nitrogen and oxygen atoms in total. The van der Waals surface area contributed by atoms with E-state index in [0.29, 0.717) is 0 Å². The second kappa shape index (κ2) is 17.7. The quantitative estimate of drug-likeness (QED) is 0.408. The van der Waals surface area contributed by atoms with Gasteiger partial charge in [-0.05, 0) is 12.8 Å². The number of unbranched alkanes of at least 4 members (excludes halogenated alkanes) is 4. The molecule has 0 aliphatic rings. The van der Waals surface area contributed by atoms with Gasteiger partial charge in [-0.2, -0.15) is 0 Å². The Bertz CT molecular complexity index is 63.5. The van der Waals surface area contributed by atoms with Gasteiger partial charge in [0, 0.05) is 13.2 Å². The molecule has 0 N–H and O–H groups in total. The molecule has 0 aromatic heterocycles. The molecule has 0 amide bonds. The summed E-state index contributed by atoms with van der Waals surface area (Å²) in [6.45, 7) is 12.4. The standard InChI is InChI=1S/C10H22O.C2H4/c1-3-5-7-8-10-11-9-6-4-2;1-2/h3-10H2,1-2H3;1-2H2. The molecule has 0 aliphatic carbocycles. The minimum Gasteiger partial charge on any atom is -0.381 e. The van der Waals surface area contributed by atoms with Crippen LogP contribution in [0.15, 0.2) is 13.2 Å². The van der Waals surface area contributed by atoms with Gasteiger partial charge in [-0.15, -0.1) is 13.2 Å². The van der Waals surface area contributed by atoms with Crippen molar-refractivity contribution in [2.75, 3.05) is 13.2 Å². The molecular formula is C12H26O. The van der Waals surface area contributed by atoms with E-state index in [4.69, 9.17) is 4.74 Å². The predicted molar refractivity (Wildman–Crippen MR) is 61.1 cm³/mol. The fourth-order valence-electron chi connectivity index (χ4n) is 0.979. The lowest BCUT2D eigenvalue weighted by Gasteiger charge is -2.01. The third-order valence-corrected chi connectivity index (χ3v) is 1.78. The van der Waals surface area contributed by atoms with Crippen LogP contribution >= 0.6 is 0 Å². The van der Waals surface area contributed by atoms with Crippen LogP contribution in [-0.4, -0.2) is 13.2 Å². The lowest BCUT2D eigenvalue weighted by atomic mass is 10.2. The third kappa shape index (κ3) is 18.6. The second-order valence-electron chi connectivity index (χ2n) is 3.03. The summed E-state index contributed by atoms with van der Waals surface area (Å²) < 4.78 is 5.42. The van der Waals surface area contributed by atoms with Crippen LogP contribution in [0.2, 0.25) is 0 Å². The third-order valence-electron chi connectivity index (χ3n) is 1.78. The molecule has 0 saturated carbocycles. The largest absolute Gasteiger partial charge is 0.381 e. The first kappa shape index (κ1) is 15.2. The van der Waals surface area contributed by atoms with Crippen LogP contribution in [0.1, 0.15) is 52.4 Å². The van der Waals surface area contributed by atoms with Crippen molar-refractivity contribution in [1.82, 2.24) is 0 Å². The summed E-state index contributed by atoms with van der Waals surface area (Å²) in [7, 11) is 0. The summed E-state index contributed by atoms with van der Waals surface area (Å²) in [5.41, 5.74) is 0. The molecule has 0 aromatic carbocycles. The van der Waals surface area contributed by atoms with Crippen LogP contribution in [0.4, 0.5) is 0 Å². The molecule has 0 spiro atoms. The summed E-state index contributed by atoms with van der Waals surface area (Å²) in [4.78, 5) is 0. The van der Waals surface area contributed by atoms with Gasteiger partial charge < -0.3 is 4.74 Å². The van der Waals surface area contributed by atoms with Gasteiger partial charge >= 0.3 is 0 Å². The van der Waals surface area contributed by atoms with Crippen molar-refractivity contribution in [3.8, 4) is 0 Å². The van der Waals surface area contributed by atoms with Gasteiger partial charge in [-0.3, -0.25) is 0 Å². The highest BCUT2D eigenvalue weighted by atomic mass is 16.5. The van der Waals surface area contributed by atoms with Crippen molar-refractivity contribution in [3.05, 3.63) is 13.2 Å². The maximum atomic E-state index is 5.42. The zero-order valence-corrected chi connectivity index (χ0v) is 9.48. The summed E-state index contributed by atoms with van der Waals surface area (Å²) >= 11 is 0.